The third-order valence-corrected chi connectivity index (χ3v) is 2.41. The number of esters is 1. The van der Waals surface area contributed by atoms with Gasteiger partial charge >= 0.3 is 5.97 Å². The Kier molecular flexibility index (Phi) is 3.12. The van der Waals surface area contributed by atoms with Gasteiger partial charge in [0.25, 0.3) is 0 Å². The van der Waals surface area contributed by atoms with Gasteiger partial charge in [-0.05, 0) is 46.5 Å². The molecule has 0 N–H and O–H groups in total. The molecule has 0 aromatic carbocycles. The number of ether oxygens (including phenoxy) is 1. The summed E-state index contributed by atoms with van der Waals surface area (Å²) >= 11 is 0. The van der Waals surface area contributed by atoms with Gasteiger partial charge in [0.05, 0.1) is 0 Å². The van der Waals surface area contributed by atoms with Crippen molar-refractivity contribution in [3.8, 4) is 0 Å². The molecule has 1 saturated carbocycles. The van der Waals surface area contributed by atoms with E-state index in [-0.39, 0.29) is 11.6 Å². The maximum absolute atomic E-state index is 11.3. The molecule has 74 valence electrons. The molecule has 0 aromatic rings. The maximum Gasteiger partial charge on any atom is 0.331 e. The van der Waals surface area contributed by atoms with Crippen LogP contribution in [0.5, 0.6) is 0 Å². The van der Waals surface area contributed by atoms with E-state index in [9.17, 15) is 4.79 Å². The summed E-state index contributed by atoms with van der Waals surface area (Å²) in [5.41, 5.74) is 0.801. The molecule has 13 heavy (non-hydrogen) atoms. The molecular weight excluding hydrogens is 164 g/mol. The van der Waals surface area contributed by atoms with Gasteiger partial charge in [-0.2, -0.15) is 0 Å². The van der Waals surface area contributed by atoms with Gasteiger partial charge in [0.1, 0.15) is 5.60 Å². The second kappa shape index (κ2) is 3.95. The lowest BCUT2D eigenvalue weighted by molar-refractivity contribution is -0.151. The van der Waals surface area contributed by atoms with Crippen molar-refractivity contribution in [2.24, 2.45) is 0 Å². The minimum absolute atomic E-state index is 0.190. The van der Waals surface area contributed by atoms with Crippen molar-refractivity contribution < 1.29 is 9.53 Å². The first-order chi connectivity index (χ1) is 6.02. The highest BCUT2D eigenvalue weighted by Crippen LogP contribution is 2.32. The van der Waals surface area contributed by atoms with Crippen LogP contribution in [0.15, 0.2) is 11.6 Å². The smallest absolute Gasteiger partial charge is 0.331 e. The SMILES string of the molecule is CC(C)=CC(=O)OC1(C)CCCC1. The maximum atomic E-state index is 11.3. The molecule has 0 aromatic heterocycles. The lowest BCUT2D eigenvalue weighted by atomic mass is 10.1. The molecule has 1 rings (SSSR count). The van der Waals surface area contributed by atoms with Gasteiger partial charge in [-0.1, -0.05) is 5.57 Å². The Morgan fingerprint density at radius 1 is 1.31 bits per heavy atom. The number of carbonyl (C=O) groups excluding carboxylic acids is 1. The summed E-state index contributed by atoms with van der Waals surface area (Å²) in [7, 11) is 0. The van der Waals surface area contributed by atoms with Gasteiger partial charge in [-0.15, -0.1) is 0 Å². The molecule has 0 atom stereocenters. The number of rotatable bonds is 2. The second-order valence-electron chi connectivity index (χ2n) is 4.30. The molecule has 1 aliphatic carbocycles. The largest absolute Gasteiger partial charge is 0.456 e. The monoisotopic (exact) mass is 182 g/mol. The lowest BCUT2D eigenvalue weighted by Crippen LogP contribution is -2.27. The second-order valence-corrected chi connectivity index (χ2v) is 4.30. The Bertz CT molecular complexity index is 218. The summed E-state index contributed by atoms with van der Waals surface area (Å²) in [6, 6.07) is 0. The van der Waals surface area contributed by atoms with Crippen LogP contribution in [0.2, 0.25) is 0 Å². The van der Waals surface area contributed by atoms with Crippen LogP contribution in [0.4, 0.5) is 0 Å². The molecule has 0 radical (unpaired) electrons. The van der Waals surface area contributed by atoms with Crippen molar-refractivity contribution in [2.45, 2.75) is 52.1 Å². The minimum Gasteiger partial charge on any atom is -0.456 e. The van der Waals surface area contributed by atoms with E-state index >= 15 is 0 Å². The summed E-state index contributed by atoms with van der Waals surface area (Å²) in [5, 5.41) is 0. The van der Waals surface area contributed by atoms with Crippen molar-refractivity contribution >= 4 is 5.97 Å². The molecule has 2 nitrogen and oxygen atoms in total. The highest BCUT2D eigenvalue weighted by Gasteiger charge is 2.31. The van der Waals surface area contributed by atoms with E-state index < -0.39 is 0 Å². The van der Waals surface area contributed by atoms with Crippen LogP contribution >= 0.6 is 0 Å². The summed E-state index contributed by atoms with van der Waals surface area (Å²) in [6.45, 7) is 5.83. The van der Waals surface area contributed by atoms with Crippen LogP contribution in [0.25, 0.3) is 0 Å². The Morgan fingerprint density at radius 2 is 1.85 bits per heavy atom. The third kappa shape index (κ3) is 3.21. The van der Waals surface area contributed by atoms with Gasteiger partial charge in [0.2, 0.25) is 0 Å². The van der Waals surface area contributed by atoms with Crippen LogP contribution in [-0.2, 0) is 9.53 Å². The molecule has 0 bridgehead atoms. The standard InChI is InChI=1S/C11H18O2/c1-9(2)8-10(12)13-11(3)6-4-5-7-11/h8H,4-7H2,1-3H3. The highest BCUT2D eigenvalue weighted by atomic mass is 16.6. The molecular formula is C11H18O2. The molecule has 0 saturated heterocycles. The summed E-state index contributed by atoms with van der Waals surface area (Å²) in [5.74, 6) is -0.190. The van der Waals surface area contributed by atoms with E-state index in [1.165, 1.54) is 12.8 Å². The van der Waals surface area contributed by atoms with E-state index in [2.05, 4.69) is 0 Å². The fourth-order valence-electron chi connectivity index (χ4n) is 1.73. The molecule has 0 amide bonds. The molecule has 2 heteroatoms. The zero-order valence-electron chi connectivity index (χ0n) is 8.72. The van der Waals surface area contributed by atoms with Crippen LogP contribution in [0.1, 0.15) is 46.5 Å². The van der Waals surface area contributed by atoms with E-state index in [0.717, 1.165) is 18.4 Å². The quantitative estimate of drug-likeness (QED) is 0.485. The molecule has 1 aliphatic rings. The van der Waals surface area contributed by atoms with Gasteiger partial charge < -0.3 is 4.74 Å². The molecule has 0 unspecified atom stereocenters. The van der Waals surface area contributed by atoms with Crippen molar-refractivity contribution in [3.05, 3.63) is 11.6 Å². The predicted molar refractivity (Wildman–Crippen MR) is 52.4 cm³/mol. The Morgan fingerprint density at radius 3 is 2.31 bits per heavy atom. The summed E-state index contributed by atoms with van der Waals surface area (Å²) in [4.78, 5) is 11.3. The Hall–Kier alpha value is -0.790. The van der Waals surface area contributed by atoms with Crippen LogP contribution in [0.3, 0.4) is 0 Å². The van der Waals surface area contributed by atoms with Crippen LogP contribution in [0, 0.1) is 0 Å². The predicted octanol–water partition coefficient (Wildman–Crippen LogP) is 2.83. The highest BCUT2D eigenvalue weighted by molar-refractivity contribution is 5.83. The Labute approximate surface area is 80.0 Å². The normalized spacial score (nSPS) is 19.6. The summed E-state index contributed by atoms with van der Waals surface area (Å²) in [6.07, 6.45) is 5.94. The molecule has 1 fully saturated rings. The summed E-state index contributed by atoms with van der Waals surface area (Å²) < 4.78 is 5.39. The third-order valence-electron chi connectivity index (χ3n) is 2.41. The fraction of sp³-hybridized carbons (Fsp3) is 0.727. The lowest BCUT2D eigenvalue weighted by Gasteiger charge is -2.23. The van der Waals surface area contributed by atoms with E-state index in [4.69, 9.17) is 4.74 Å². The number of hydrogen-bond acceptors (Lipinski definition) is 2. The number of carbonyl (C=O) groups is 1. The van der Waals surface area contributed by atoms with Gasteiger partial charge in [0.15, 0.2) is 0 Å². The first-order valence-electron chi connectivity index (χ1n) is 4.90. The average molecular weight is 182 g/mol. The van der Waals surface area contributed by atoms with E-state index in [0.29, 0.717) is 0 Å². The first kappa shape index (κ1) is 10.3. The van der Waals surface area contributed by atoms with Gasteiger partial charge in [-0.3, -0.25) is 0 Å². The van der Waals surface area contributed by atoms with E-state index in [1.54, 1.807) is 6.08 Å². The minimum atomic E-state index is -0.191. The van der Waals surface area contributed by atoms with Crippen molar-refractivity contribution in [1.29, 1.82) is 0 Å². The zero-order chi connectivity index (χ0) is 9.90. The van der Waals surface area contributed by atoms with Gasteiger partial charge in [-0.25, -0.2) is 4.79 Å². The molecule has 0 aliphatic heterocycles. The zero-order valence-corrected chi connectivity index (χ0v) is 8.72. The van der Waals surface area contributed by atoms with Crippen molar-refractivity contribution in [3.63, 3.8) is 0 Å². The number of allylic oxidation sites excluding steroid dienone is 1. The first-order valence-corrected chi connectivity index (χ1v) is 4.90. The van der Waals surface area contributed by atoms with Crippen molar-refractivity contribution in [2.75, 3.05) is 0 Å². The van der Waals surface area contributed by atoms with Crippen LogP contribution in [-0.4, -0.2) is 11.6 Å². The fourth-order valence-corrected chi connectivity index (χ4v) is 1.73. The molecule has 0 heterocycles. The van der Waals surface area contributed by atoms with Crippen LogP contribution < -0.4 is 0 Å². The molecule has 0 spiro atoms. The Balaban J connectivity index is 2.48. The average Bonchev–Trinajstić information content (AvgIpc) is 2.33. The van der Waals surface area contributed by atoms with E-state index in [1.807, 2.05) is 20.8 Å². The number of hydrogen-bond donors (Lipinski definition) is 0. The van der Waals surface area contributed by atoms with Gasteiger partial charge in [0, 0.05) is 6.08 Å². The van der Waals surface area contributed by atoms with Crippen molar-refractivity contribution in [1.82, 2.24) is 0 Å². The topological polar surface area (TPSA) is 26.3 Å².